The number of anilines is 1. The first-order valence-corrected chi connectivity index (χ1v) is 5.31. The smallest absolute Gasteiger partial charge is 0.241 e. The number of rotatable bonds is 0. The van der Waals surface area contributed by atoms with Crippen molar-refractivity contribution in [2.24, 2.45) is 0 Å². The van der Waals surface area contributed by atoms with E-state index in [4.69, 9.17) is 0 Å². The van der Waals surface area contributed by atoms with E-state index < -0.39 is 0 Å². The highest BCUT2D eigenvalue weighted by atomic mass is 32.2. The van der Waals surface area contributed by atoms with Crippen LogP contribution in [0.2, 0.25) is 0 Å². The van der Waals surface area contributed by atoms with E-state index >= 15 is 0 Å². The average molecular weight is 209 g/mol. The van der Waals surface area contributed by atoms with E-state index in [1.54, 1.807) is 17.8 Å². The standard InChI is InChI=1S/C10H8FNOS/c11-6-1-2-8-7(5-6)12-9(13)10(14-8)3-4-10/h1-2,5H,3-4H2,(H,12,13). The monoisotopic (exact) mass is 209 g/mol. The van der Waals surface area contributed by atoms with Crippen molar-refractivity contribution in [2.45, 2.75) is 22.5 Å². The molecule has 0 aromatic heterocycles. The van der Waals surface area contributed by atoms with Gasteiger partial charge in [0.05, 0.1) is 10.4 Å². The molecule has 0 atom stereocenters. The highest BCUT2D eigenvalue weighted by Crippen LogP contribution is 2.56. The normalized spacial score (nSPS) is 21.6. The topological polar surface area (TPSA) is 29.1 Å². The zero-order valence-corrected chi connectivity index (χ0v) is 8.16. The summed E-state index contributed by atoms with van der Waals surface area (Å²) in [5, 5.41) is 2.75. The number of carbonyl (C=O) groups excluding carboxylic acids is 1. The zero-order valence-electron chi connectivity index (χ0n) is 7.34. The fourth-order valence-corrected chi connectivity index (χ4v) is 2.85. The molecule has 0 bridgehead atoms. The molecule has 1 N–H and O–H groups in total. The van der Waals surface area contributed by atoms with E-state index in [2.05, 4.69) is 5.32 Å². The van der Waals surface area contributed by atoms with Crippen molar-refractivity contribution in [3.8, 4) is 0 Å². The van der Waals surface area contributed by atoms with Crippen LogP contribution in [0.15, 0.2) is 23.1 Å². The zero-order chi connectivity index (χ0) is 9.76. The van der Waals surface area contributed by atoms with E-state index in [9.17, 15) is 9.18 Å². The Hall–Kier alpha value is -1.03. The summed E-state index contributed by atoms with van der Waals surface area (Å²) in [5.74, 6) is -0.281. The van der Waals surface area contributed by atoms with Crippen LogP contribution in [0.25, 0.3) is 0 Å². The Morgan fingerprint density at radius 3 is 2.93 bits per heavy atom. The highest BCUT2D eigenvalue weighted by Gasteiger charge is 2.53. The van der Waals surface area contributed by atoms with Gasteiger partial charge in [-0.25, -0.2) is 4.39 Å². The summed E-state index contributed by atoms with van der Waals surface area (Å²) in [6.45, 7) is 0. The van der Waals surface area contributed by atoms with E-state index in [0.29, 0.717) is 5.69 Å². The van der Waals surface area contributed by atoms with Gasteiger partial charge in [0.1, 0.15) is 5.82 Å². The number of amides is 1. The summed E-state index contributed by atoms with van der Waals surface area (Å²) < 4.78 is 12.6. The van der Waals surface area contributed by atoms with Crippen LogP contribution in [0.4, 0.5) is 10.1 Å². The minimum atomic E-state index is -0.309. The Bertz CT molecular complexity index is 428. The lowest BCUT2D eigenvalue weighted by molar-refractivity contribution is -0.116. The van der Waals surface area contributed by atoms with Gasteiger partial charge in [0.15, 0.2) is 0 Å². The Labute approximate surface area is 84.9 Å². The summed E-state index contributed by atoms with van der Waals surface area (Å²) in [5.41, 5.74) is 0.609. The summed E-state index contributed by atoms with van der Waals surface area (Å²) in [7, 11) is 0. The van der Waals surface area contributed by atoms with Crippen LogP contribution in [0.5, 0.6) is 0 Å². The van der Waals surface area contributed by atoms with Crippen LogP contribution in [-0.2, 0) is 4.79 Å². The maximum Gasteiger partial charge on any atom is 0.241 e. The molecule has 0 unspecified atom stereocenters. The Morgan fingerprint density at radius 2 is 2.21 bits per heavy atom. The largest absolute Gasteiger partial charge is 0.324 e. The van der Waals surface area contributed by atoms with E-state index in [1.165, 1.54) is 12.1 Å². The van der Waals surface area contributed by atoms with Crippen molar-refractivity contribution in [3.63, 3.8) is 0 Å². The second kappa shape index (κ2) is 2.51. The minimum absolute atomic E-state index is 0.0283. The Balaban J connectivity index is 2.06. The van der Waals surface area contributed by atoms with Gasteiger partial charge >= 0.3 is 0 Å². The summed E-state index contributed by atoms with van der Waals surface area (Å²) >= 11 is 1.56. The van der Waals surface area contributed by atoms with Crippen LogP contribution in [0, 0.1) is 5.82 Å². The van der Waals surface area contributed by atoms with E-state index in [-0.39, 0.29) is 16.5 Å². The molecule has 1 aromatic rings. The quantitative estimate of drug-likeness (QED) is 0.711. The van der Waals surface area contributed by atoms with Gasteiger partial charge in [-0.3, -0.25) is 4.79 Å². The van der Waals surface area contributed by atoms with Gasteiger partial charge in [0.25, 0.3) is 0 Å². The molecule has 1 spiro atoms. The molecule has 72 valence electrons. The summed E-state index contributed by atoms with van der Waals surface area (Å²) in [4.78, 5) is 12.6. The van der Waals surface area contributed by atoms with Crippen molar-refractivity contribution in [1.82, 2.24) is 0 Å². The minimum Gasteiger partial charge on any atom is -0.324 e. The highest BCUT2D eigenvalue weighted by molar-refractivity contribution is 8.02. The summed E-state index contributed by atoms with van der Waals surface area (Å²) in [6, 6.07) is 4.53. The van der Waals surface area contributed by atoms with Crippen molar-refractivity contribution >= 4 is 23.4 Å². The van der Waals surface area contributed by atoms with E-state index in [1.807, 2.05) is 0 Å². The summed E-state index contributed by atoms with van der Waals surface area (Å²) in [6.07, 6.45) is 1.86. The van der Waals surface area contributed by atoms with Gasteiger partial charge in [0.2, 0.25) is 5.91 Å². The molecule has 1 aliphatic carbocycles. The lowest BCUT2D eigenvalue weighted by Crippen LogP contribution is -2.30. The fourth-order valence-electron chi connectivity index (χ4n) is 1.62. The molecule has 1 heterocycles. The molecule has 14 heavy (non-hydrogen) atoms. The predicted molar refractivity (Wildman–Crippen MR) is 52.9 cm³/mol. The second-order valence-corrected chi connectivity index (χ2v) is 5.12. The first kappa shape index (κ1) is 8.29. The third-order valence-electron chi connectivity index (χ3n) is 2.61. The number of benzene rings is 1. The molecule has 1 amide bonds. The molecule has 1 saturated carbocycles. The molecule has 1 fully saturated rings. The molecule has 2 aliphatic rings. The first-order valence-electron chi connectivity index (χ1n) is 4.50. The maximum atomic E-state index is 12.9. The van der Waals surface area contributed by atoms with Gasteiger partial charge < -0.3 is 5.32 Å². The van der Waals surface area contributed by atoms with Gasteiger partial charge in [-0.05, 0) is 31.0 Å². The molecule has 0 saturated heterocycles. The van der Waals surface area contributed by atoms with Gasteiger partial charge in [-0.1, -0.05) is 0 Å². The molecular weight excluding hydrogens is 201 g/mol. The van der Waals surface area contributed by atoms with E-state index in [0.717, 1.165) is 17.7 Å². The van der Waals surface area contributed by atoms with Crippen molar-refractivity contribution in [3.05, 3.63) is 24.0 Å². The maximum absolute atomic E-state index is 12.9. The number of carbonyl (C=O) groups is 1. The molecule has 1 aromatic carbocycles. The number of hydrogen-bond acceptors (Lipinski definition) is 2. The number of thioether (sulfide) groups is 1. The van der Waals surface area contributed by atoms with Crippen molar-refractivity contribution in [1.29, 1.82) is 0 Å². The average Bonchev–Trinajstić information content (AvgIpc) is 2.89. The van der Waals surface area contributed by atoms with Crippen molar-refractivity contribution in [2.75, 3.05) is 5.32 Å². The molecule has 2 nitrogen and oxygen atoms in total. The number of hydrogen-bond donors (Lipinski definition) is 1. The van der Waals surface area contributed by atoms with Crippen molar-refractivity contribution < 1.29 is 9.18 Å². The lowest BCUT2D eigenvalue weighted by Gasteiger charge is -2.23. The van der Waals surface area contributed by atoms with Crippen LogP contribution in [-0.4, -0.2) is 10.7 Å². The Kier molecular flexibility index (Phi) is 1.49. The fraction of sp³-hybridized carbons (Fsp3) is 0.300. The van der Waals surface area contributed by atoms with Crippen LogP contribution in [0.3, 0.4) is 0 Å². The van der Waals surface area contributed by atoms with Gasteiger partial charge in [0, 0.05) is 4.90 Å². The lowest BCUT2D eigenvalue weighted by atomic mass is 10.2. The van der Waals surface area contributed by atoms with Crippen LogP contribution >= 0.6 is 11.8 Å². The first-order chi connectivity index (χ1) is 6.70. The third-order valence-corrected chi connectivity index (χ3v) is 4.17. The number of nitrogens with one attached hydrogen (secondary N) is 1. The second-order valence-electron chi connectivity index (χ2n) is 3.69. The molecule has 0 radical (unpaired) electrons. The van der Waals surface area contributed by atoms with Crippen LogP contribution in [0.1, 0.15) is 12.8 Å². The van der Waals surface area contributed by atoms with Gasteiger partial charge in [-0.15, -0.1) is 11.8 Å². The molecular formula is C10H8FNOS. The van der Waals surface area contributed by atoms with Gasteiger partial charge in [-0.2, -0.15) is 0 Å². The SMILES string of the molecule is O=C1Nc2cc(F)ccc2SC12CC2. The van der Waals surface area contributed by atoms with Crippen LogP contribution < -0.4 is 5.32 Å². The number of fused-ring (bicyclic) bond motifs is 1. The molecule has 4 heteroatoms. The Morgan fingerprint density at radius 1 is 1.43 bits per heavy atom. The molecule has 3 rings (SSSR count). The third kappa shape index (κ3) is 1.07. The predicted octanol–water partition coefficient (Wildman–Crippen LogP) is 2.40. The molecule has 1 aliphatic heterocycles. The number of halogens is 1.